The number of benzene rings is 2. The summed E-state index contributed by atoms with van der Waals surface area (Å²) in [7, 11) is -3.52. The SMILES string of the molecule is Cc1ccc(S(=O)(=O)N2CCCCC2CCNC(=O)c2cccc(C)c2)cc1. The van der Waals surface area contributed by atoms with E-state index in [0.29, 0.717) is 30.0 Å². The molecule has 5 nitrogen and oxygen atoms in total. The maximum atomic E-state index is 13.1. The standard InChI is InChI=1S/C22H28N2O3S/c1-17-9-11-21(12-10-17)28(26,27)24-15-4-3-8-20(24)13-14-23-22(25)19-7-5-6-18(2)16-19/h5-7,9-12,16,20H,3-4,8,13-15H2,1-2H3,(H,23,25). The van der Waals surface area contributed by atoms with Crippen LogP contribution >= 0.6 is 0 Å². The molecule has 1 heterocycles. The van der Waals surface area contributed by atoms with Gasteiger partial charge in [-0.05, 0) is 57.4 Å². The third-order valence-corrected chi connectivity index (χ3v) is 7.21. The number of hydrogen-bond acceptors (Lipinski definition) is 3. The maximum Gasteiger partial charge on any atom is 0.251 e. The monoisotopic (exact) mass is 400 g/mol. The van der Waals surface area contributed by atoms with E-state index in [1.807, 2.05) is 44.2 Å². The first-order valence-corrected chi connectivity index (χ1v) is 11.3. The van der Waals surface area contributed by atoms with Crippen molar-refractivity contribution in [2.24, 2.45) is 0 Å². The molecule has 1 unspecified atom stereocenters. The highest BCUT2D eigenvalue weighted by atomic mass is 32.2. The van der Waals surface area contributed by atoms with E-state index in [9.17, 15) is 13.2 Å². The van der Waals surface area contributed by atoms with Gasteiger partial charge in [-0.25, -0.2) is 8.42 Å². The Morgan fingerprint density at radius 1 is 1.07 bits per heavy atom. The molecule has 150 valence electrons. The fourth-order valence-electron chi connectivity index (χ4n) is 3.67. The van der Waals surface area contributed by atoms with E-state index in [4.69, 9.17) is 0 Å². The summed E-state index contributed by atoms with van der Waals surface area (Å²) in [5, 5.41) is 2.93. The molecule has 3 rings (SSSR count). The van der Waals surface area contributed by atoms with Gasteiger partial charge >= 0.3 is 0 Å². The van der Waals surface area contributed by atoms with Crippen molar-refractivity contribution in [1.82, 2.24) is 9.62 Å². The van der Waals surface area contributed by atoms with Crippen LogP contribution in [0.15, 0.2) is 53.4 Å². The van der Waals surface area contributed by atoms with Gasteiger partial charge < -0.3 is 5.32 Å². The van der Waals surface area contributed by atoms with Crippen LogP contribution in [0.4, 0.5) is 0 Å². The van der Waals surface area contributed by atoms with Crippen LogP contribution in [-0.4, -0.2) is 37.8 Å². The quantitative estimate of drug-likeness (QED) is 0.805. The minimum atomic E-state index is -3.52. The molecular formula is C22H28N2O3S. The van der Waals surface area contributed by atoms with Crippen molar-refractivity contribution >= 4 is 15.9 Å². The molecular weight excluding hydrogens is 372 g/mol. The van der Waals surface area contributed by atoms with E-state index in [1.54, 1.807) is 22.5 Å². The molecule has 1 saturated heterocycles. The van der Waals surface area contributed by atoms with Gasteiger partial charge in [0.25, 0.3) is 5.91 Å². The van der Waals surface area contributed by atoms with Gasteiger partial charge in [0.2, 0.25) is 10.0 Å². The molecule has 2 aromatic carbocycles. The van der Waals surface area contributed by atoms with Crippen molar-refractivity contribution < 1.29 is 13.2 Å². The average molecular weight is 401 g/mol. The van der Waals surface area contributed by atoms with E-state index >= 15 is 0 Å². The second-order valence-electron chi connectivity index (χ2n) is 7.49. The first-order valence-electron chi connectivity index (χ1n) is 9.81. The third-order valence-electron chi connectivity index (χ3n) is 5.24. The number of rotatable bonds is 6. The van der Waals surface area contributed by atoms with Crippen molar-refractivity contribution in [3.63, 3.8) is 0 Å². The van der Waals surface area contributed by atoms with Gasteiger partial charge in [-0.15, -0.1) is 0 Å². The Labute approximate surface area is 167 Å². The van der Waals surface area contributed by atoms with E-state index in [0.717, 1.165) is 30.4 Å². The highest BCUT2D eigenvalue weighted by Gasteiger charge is 2.33. The molecule has 0 aromatic heterocycles. The summed E-state index contributed by atoms with van der Waals surface area (Å²) in [6, 6.07) is 14.4. The largest absolute Gasteiger partial charge is 0.352 e. The van der Waals surface area contributed by atoms with Crippen molar-refractivity contribution in [2.75, 3.05) is 13.1 Å². The molecule has 0 spiro atoms. The molecule has 1 aliphatic rings. The van der Waals surface area contributed by atoms with Crippen LogP contribution in [0.1, 0.15) is 47.2 Å². The molecule has 1 atom stereocenters. The predicted octanol–water partition coefficient (Wildman–Crippen LogP) is 3.67. The van der Waals surface area contributed by atoms with Crippen molar-refractivity contribution in [3.05, 3.63) is 65.2 Å². The minimum Gasteiger partial charge on any atom is -0.352 e. The van der Waals surface area contributed by atoms with Gasteiger partial charge in [0.05, 0.1) is 4.90 Å². The molecule has 0 bridgehead atoms. The van der Waals surface area contributed by atoms with Crippen molar-refractivity contribution in [3.8, 4) is 0 Å². The van der Waals surface area contributed by atoms with E-state index in [1.165, 1.54) is 0 Å². The molecule has 1 fully saturated rings. The number of amides is 1. The zero-order chi connectivity index (χ0) is 20.1. The average Bonchev–Trinajstić information content (AvgIpc) is 2.68. The van der Waals surface area contributed by atoms with Gasteiger partial charge in [0, 0.05) is 24.7 Å². The number of nitrogens with zero attached hydrogens (tertiary/aromatic N) is 1. The van der Waals surface area contributed by atoms with Crippen LogP contribution < -0.4 is 5.32 Å². The molecule has 1 N–H and O–H groups in total. The molecule has 6 heteroatoms. The molecule has 28 heavy (non-hydrogen) atoms. The second-order valence-corrected chi connectivity index (χ2v) is 9.38. The Bertz CT molecular complexity index is 923. The fraction of sp³-hybridized carbons (Fsp3) is 0.409. The summed E-state index contributed by atoms with van der Waals surface area (Å²) in [4.78, 5) is 12.7. The minimum absolute atomic E-state index is 0.0853. The molecule has 0 radical (unpaired) electrons. The summed E-state index contributed by atoms with van der Waals surface area (Å²) in [6.45, 7) is 4.88. The smallest absolute Gasteiger partial charge is 0.251 e. The third kappa shape index (κ3) is 4.80. The van der Waals surface area contributed by atoms with Crippen LogP contribution in [0.3, 0.4) is 0 Å². The van der Waals surface area contributed by atoms with E-state index in [2.05, 4.69) is 5.32 Å². The van der Waals surface area contributed by atoms with Crippen LogP contribution in [0.2, 0.25) is 0 Å². The molecule has 0 saturated carbocycles. The topological polar surface area (TPSA) is 66.5 Å². The lowest BCUT2D eigenvalue weighted by atomic mass is 10.0. The van der Waals surface area contributed by atoms with Crippen molar-refractivity contribution in [1.29, 1.82) is 0 Å². The van der Waals surface area contributed by atoms with E-state index < -0.39 is 10.0 Å². The zero-order valence-electron chi connectivity index (χ0n) is 16.5. The van der Waals surface area contributed by atoms with Gasteiger partial charge in [-0.3, -0.25) is 4.79 Å². The lowest BCUT2D eigenvalue weighted by Crippen LogP contribution is -2.45. The summed E-state index contributed by atoms with van der Waals surface area (Å²) in [5.74, 6) is -0.118. The number of hydrogen-bond donors (Lipinski definition) is 1. The van der Waals surface area contributed by atoms with Gasteiger partial charge in [0.1, 0.15) is 0 Å². The Morgan fingerprint density at radius 3 is 2.54 bits per heavy atom. The first-order chi connectivity index (χ1) is 13.4. The Morgan fingerprint density at radius 2 is 1.82 bits per heavy atom. The van der Waals surface area contributed by atoms with Gasteiger partial charge in [-0.1, -0.05) is 41.8 Å². The summed E-state index contributed by atoms with van der Waals surface area (Å²) >= 11 is 0. The Balaban J connectivity index is 1.65. The van der Waals surface area contributed by atoms with Crippen molar-refractivity contribution in [2.45, 2.75) is 50.5 Å². The fourth-order valence-corrected chi connectivity index (χ4v) is 5.39. The number of piperidine rings is 1. The number of sulfonamides is 1. The van der Waals surface area contributed by atoms with Gasteiger partial charge in [0.15, 0.2) is 0 Å². The molecule has 2 aromatic rings. The summed E-state index contributed by atoms with van der Waals surface area (Å²) < 4.78 is 27.8. The zero-order valence-corrected chi connectivity index (χ0v) is 17.3. The highest BCUT2D eigenvalue weighted by molar-refractivity contribution is 7.89. The predicted molar refractivity (Wildman–Crippen MR) is 111 cm³/mol. The Hall–Kier alpha value is -2.18. The van der Waals surface area contributed by atoms with E-state index in [-0.39, 0.29) is 11.9 Å². The number of nitrogens with one attached hydrogen (secondary N) is 1. The first kappa shape index (κ1) is 20.6. The summed E-state index contributed by atoms with van der Waals surface area (Å²) in [6.07, 6.45) is 3.32. The lowest BCUT2D eigenvalue weighted by molar-refractivity contribution is 0.0949. The molecule has 0 aliphatic carbocycles. The highest BCUT2D eigenvalue weighted by Crippen LogP contribution is 2.27. The van der Waals surface area contributed by atoms with Crippen LogP contribution in [0.5, 0.6) is 0 Å². The molecule has 1 aliphatic heterocycles. The Kier molecular flexibility index (Phi) is 6.52. The summed E-state index contributed by atoms with van der Waals surface area (Å²) in [5.41, 5.74) is 2.70. The van der Waals surface area contributed by atoms with Gasteiger partial charge in [-0.2, -0.15) is 4.31 Å². The molecule has 1 amide bonds. The number of carbonyl (C=O) groups is 1. The number of carbonyl (C=O) groups excluding carboxylic acids is 1. The normalized spacial score (nSPS) is 18.0. The van der Waals surface area contributed by atoms with Crippen LogP contribution in [-0.2, 0) is 10.0 Å². The number of aryl methyl sites for hydroxylation is 2. The lowest BCUT2D eigenvalue weighted by Gasteiger charge is -2.34. The maximum absolute atomic E-state index is 13.1. The second kappa shape index (κ2) is 8.88. The van der Waals surface area contributed by atoms with Crippen LogP contribution in [0, 0.1) is 13.8 Å². The van der Waals surface area contributed by atoms with Crippen LogP contribution in [0.25, 0.3) is 0 Å².